The first-order valence-electron chi connectivity index (χ1n) is 6.61. The monoisotopic (exact) mass is 298 g/mol. The predicted molar refractivity (Wildman–Crippen MR) is 81.2 cm³/mol. The lowest BCUT2D eigenvalue weighted by atomic mass is 10.1. The van der Waals surface area contributed by atoms with Gasteiger partial charge in [0.2, 0.25) is 0 Å². The maximum atomic E-state index is 11.6. The van der Waals surface area contributed by atoms with E-state index in [1.54, 1.807) is 4.68 Å². The Kier molecular flexibility index (Phi) is 6.14. The minimum atomic E-state index is -0.472. The highest BCUT2D eigenvalue weighted by atomic mass is 31.1. The quantitative estimate of drug-likeness (QED) is 0.819. The fourth-order valence-electron chi connectivity index (χ4n) is 1.57. The van der Waals surface area contributed by atoms with E-state index >= 15 is 0 Å². The van der Waals surface area contributed by atoms with Gasteiger partial charge in [0.1, 0.15) is 5.60 Å². The molecule has 6 nitrogen and oxygen atoms in total. The average molecular weight is 298 g/mol. The number of amides is 1. The summed E-state index contributed by atoms with van der Waals surface area (Å²) in [6, 6.07) is 0.0287. The zero-order chi connectivity index (χ0) is 15.2. The van der Waals surface area contributed by atoms with Crippen LogP contribution in [0.15, 0.2) is 6.20 Å². The second-order valence-corrected chi connectivity index (χ2v) is 6.43. The standard InChI is InChI=1S/C13H23N4O2P/c1-10(14-12(18)19-13(2,3)4)6-7-11-8-17(9-20-5)16-15-11/h8,10H,5-7,9H2,1-4H3,(H,14,18). The topological polar surface area (TPSA) is 69.0 Å². The second kappa shape index (κ2) is 7.39. The first-order valence-corrected chi connectivity index (χ1v) is 7.87. The van der Waals surface area contributed by atoms with Gasteiger partial charge in [-0.1, -0.05) is 19.7 Å². The van der Waals surface area contributed by atoms with E-state index in [1.165, 1.54) is 0 Å². The number of alkyl carbamates (subject to hydrolysis) is 1. The molecule has 1 atom stereocenters. The van der Waals surface area contributed by atoms with Crippen LogP contribution in [-0.2, 0) is 17.4 Å². The van der Waals surface area contributed by atoms with Gasteiger partial charge in [-0.15, -0.1) is 5.10 Å². The molecule has 0 aliphatic rings. The Bertz CT molecular complexity index is 453. The van der Waals surface area contributed by atoms with Crippen molar-refractivity contribution in [2.24, 2.45) is 0 Å². The summed E-state index contributed by atoms with van der Waals surface area (Å²) in [7, 11) is 1.01. The Morgan fingerprint density at radius 2 is 2.30 bits per heavy atom. The molecule has 1 aromatic heterocycles. The average Bonchev–Trinajstić information content (AvgIpc) is 2.72. The molecule has 1 unspecified atom stereocenters. The van der Waals surface area contributed by atoms with Crippen LogP contribution in [0, 0.1) is 0 Å². The Morgan fingerprint density at radius 1 is 1.60 bits per heavy atom. The number of aryl methyl sites for hydroxylation is 1. The normalized spacial score (nSPS) is 13.2. The van der Waals surface area contributed by atoms with Crippen LogP contribution < -0.4 is 5.32 Å². The molecule has 0 saturated heterocycles. The van der Waals surface area contributed by atoms with E-state index in [2.05, 4.69) is 21.9 Å². The fraction of sp³-hybridized carbons (Fsp3) is 0.692. The summed E-state index contributed by atoms with van der Waals surface area (Å²) in [6.45, 7) is 7.48. The SMILES string of the molecule is C=PCn1cc(CCC(C)NC(=O)OC(C)(C)C)nn1. The molecule has 0 bridgehead atoms. The van der Waals surface area contributed by atoms with E-state index in [4.69, 9.17) is 4.74 Å². The number of rotatable bonds is 6. The summed E-state index contributed by atoms with van der Waals surface area (Å²) >= 11 is 0. The van der Waals surface area contributed by atoms with E-state index in [0.29, 0.717) is 0 Å². The third-order valence-corrected chi connectivity index (χ3v) is 2.92. The van der Waals surface area contributed by atoms with Gasteiger partial charge in [0.15, 0.2) is 0 Å². The fourth-order valence-corrected chi connectivity index (χ4v) is 1.91. The molecule has 1 rings (SSSR count). The molecule has 20 heavy (non-hydrogen) atoms. The van der Waals surface area contributed by atoms with E-state index in [0.717, 1.165) is 33.0 Å². The number of nitrogens with one attached hydrogen (secondary N) is 1. The van der Waals surface area contributed by atoms with Gasteiger partial charge in [-0.25, -0.2) is 9.48 Å². The van der Waals surface area contributed by atoms with Crippen molar-refractivity contribution in [2.75, 3.05) is 0 Å². The van der Waals surface area contributed by atoms with Crippen molar-refractivity contribution < 1.29 is 9.53 Å². The molecular weight excluding hydrogens is 275 g/mol. The number of hydrogen-bond acceptors (Lipinski definition) is 4. The van der Waals surface area contributed by atoms with Crippen LogP contribution in [0.4, 0.5) is 4.79 Å². The molecule has 7 heteroatoms. The van der Waals surface area contributed by atoms with Crippen LogP contribution in [0.1, 0.15) is 39.8 Å². The minimum Gasteiger partial charge on any atom is -0.444 e. The van der Waals surface area contributed by atoms with Crippen molar-refractivity contribution in [1.82, 2.24) is 20.3 Å². The van der Waals surface area contributed by atoms with Crippen LogP contribution >= 0.6 is 8.20 Å². The molecule has 1 heterocycles. The van der Waals surface area contributed by atoms with Gasteiger partial charge in [0.25, 0.3) is 0 Å². The highest BCUT2D eigenvalue weighted by Crippen LogP contribution is 2.08. The molecule has 0 fully saturated rings. The van der Waals surface area contributed by atoms with Crippen LogP contribution in [0.3, 0.4) is 0 Å². The van der Waals surface area contributed by atoms with Crippen molar-refractivity contribution in [3.05, 3.63) is 11.9 Å². The number of carbonyl (C=O) groups excluding carboxylic acids is 1. The summed E-state index contributed by atoms with van der Waals surface area (Å²) in [5.41, 5.74) is 0.450. The van der Waals surface area contributed by atoms with Crippen LogP contribution in [0.25, 0.3) is 0 Å². The van der Waals surface area contributed by atoms with Gasteiger partial charge in [-0.2, -0.15) is 0 Å². The lowest BCUT2D eigenvalue weighted by Gasteiger charge is -2.21. The molecule has 0 spiro atoms. The highest BCUT2D eigenvalue weighted by molar-refractivity contribution is 7.35. The Labute approximate surface area is 121 Å². The van der Waals surface area contributed by atoms with Crippen molar-refractivity contribution >= 4 is 20.6 Å². The van der Waals surface area contributed by atoms with E-state index in [-0.39, 0.29) is 12.1 Å². The maximum Gasteiger partial charge on any atom is 0.407 e. The lowest BCUT2D eigenvalue weighted by Crippen LogP contribution is -2.37. The Balaban J connectivity index is 2.33. The predicted octanol–water partition coefficient (Wildman–Crippen LogP) is 2.46. The van der Waals surface area contributed by atoms with Crippen molar-refractivity contribution in [3.8, 4) is 0 Å². The zero-order valence-corrected chi connectivity index (χ0v) is 13.5. The van der Waals surface area contributed by atoms with Crippen LogP contribution in [-0.4, -0.2) is 39.0 Å². The van der Waals surface area contributed by atoms with Crippen molar-refractivity contribution in [3.63, 3.8) is 0 Å². The van der Waals surface area contributed by atoms with E-state index in [1.807, 2.05) is 33.9 Å². The molecule has 112 valence electrons. The van der Waals surface area contributed by atoms with Gasteiger partial charge in [0.05, 0.1) is 12.0 Å². The zero-order valence-electron chi connectivity index (χ0n) is 12.6. The number of nitrogens with zero attached hydrogens (tertiary/aromatic N) is 3. The summed E-state index contributed by atoms with van der Waals surface area (Å²) in [4.78, 5) is 11.6. The summed E-state index contributed by atoms with van der Waals surface area (Å²) in [6.07, 6.45) is 7.59. The molecule has 1 aromatic rings. The van der Waals surface area contributed by atoms with Gasteiger partial charge in [-0.05, 0) is 40.5 Å². The molecule has 0 saturated carbocycles. The Morgan fingerprint density at radius 3 is 2.90 bits per heavy atom. The number of hydrogen-bond donors (Lipinski definition) is 1. The number of carbonyl (C=O) groups is 1. The molecule has 0 radical (unpaired) electrons. The van der Waals surface area contributed by atoms with E-state index in [9.17, 15) is 4.79 Å². The minimum absolute atomic E-state index is 0.0287. The Hall–Kier alpha value is -1.42. The molecule has 1 N–H and O–H groups in total. The van der Waals surface area contributed by atoms with Crippen molar-refractivity contribution in [2.45, 2.75) is 58.5 Å². The van der Waals surface area contributed by atoms with Crippen LogP contribution in [0.5, 0.6) is 0 Å². The molecule has 0 aliphatic carbocycles. The lowest BCUT2D eigenvalue weighted by molar-refractivity contribution is 0.0506. The molecule has 1 amide bonds. The van der Waals surface area contributed by atoms with Crippen molar-refractivity contribution in [1.29, 1.82) is 0 Å². The third-order valence-electron chi connectivity index (χ3n) is 2.43. The molecular formula is C13H23N4O2P. The van der Waals surface area contributed by atoms with Gasteiger partial charge in [0, 0.05) is 12.2 Å². The van der Waals surface area contributed by atoms with E-state index < -0.39 is 5.60 Å². The summed E-state index contributed by atoms with van der Waals surface area (Å²) in [5.74, 6) is 0. The first kappa shape index (κ1) is 16.6. The van der Waals surface area contributed by atoms with Gasteiger partial charge < -0.3 is 10.1 Å². The number of ether oxygens (including phenoxy) is 1. The molecule has 0 aliphatic heterocycles. The van der Waals surface area contributed by atoms with Crippen LogP contribution in [0.2, 0.25) is 0 Å². The number of aromatic nitrogens is 3. The first-order chi connectivity index (χ1) is 9.30. The third kappa shape index (κ3) is 6.66. The molecule has 0 aromatic carbocycles. The largest absolute Gasteiger partial charge is 0.444 e. The van der Waals surface area contributed by atoms with Gasteiger partial charge in [-0.3, -0.25) is 0 Å². The summed E-state index contributed by atoms with van der Waals surface area (Å²) in [5, 5.41) is 10.9. The maximum absolute atomic E-state index is 11.6. The summed E-state index contributed by atoms with van der Waals surface area (Å²) < 4.78 is 6.98. The highest BCUT2D eigenvalue weighted by Gasteiger charge is 2.17. The smallest absolute Gasteiger partial charge is 0.407 e. The van der Waals surface area contributed by atoms with Gasteiger partial charge >= 0.3 is 6.09 Å². The second-order valence-electron chi connectivity index (χ2n) is 5.70.